The molecule has 2 aromatic rings. The van der Waals surface area contributed by atoms with Gasteiger partial charge in [0, 0.05) is 28.6 Å². The highest BCUT2D eigenvalue weighted by Crippen LogP contribution is 2.21. The zero-order valence-electron chi connectivity index (χ0n) is 7.92. The first-order chi connectivity index (χ1) is 6.66. The van der Waals surface area contributed by atoms with E-state index in [1.165, 1.54) is 0 Å². The van der Waals surface area contributed by atoms with Crippen LogP contribution in [0.5, 0.6) is 0 Å². The Morgan fingerprint density at radius 3 is 3.07 bits per heavy atom. The maximum absolute atomic E-state index is 5.91. The van der Waals surface area contributed by atoms with Crippen molar-refractivity contribution in [2.75, 3.05) is 0 Å². The van der Waals surface area contributed by atoms with E-state index in [2.05, 4.69) is 10.2 Å². The van der Waals surface area contributed by atoms with Gasteiger partial charge in [-0.1, -0.05) is 11.6 Å². The van der Waals surface area contributed by atoms with Gasteiger partial charge < -0.3 is 5.73 Å². The van der Waals surface area contributed by atoms with Gasteiger partial charge in [0.05, 0.1) is 5.52 Å². The van der Waals surface area contributed by atoms with Gasteiger partial charge in [0.25, 0.3) is 0 Å². The van der Waals surface area contributed by atoms with Crippen molar-refractivity contribution in [2.24, 2.45) is 5.73 Å². The molecule has 0 aliphatic rings. The van der Waals surface area contributed by atoms with Gasteiger partial charge >= 0.3 is 0 Å². The molecule has 1 aromatic carbocycles. The minimum absolute atomic E-state index is 0.123. The number of halogens is 1. The molecule has 4 heteroatoms. The molecule has 0 amide bonds. The van der Waals surface area contributed by atoms with Crippen LogP contribution in [0.2, 0.25) is 5.02 Å². The van der Waals surface area contributed by atoms with Crippen molar-refractivity contribution in [1.29, 1.82) is 0 Å². The number of benzene rings is 1. The van der Waals surface area contributed by atoms with Gasteiger partial charge in [-0.2, -0.15) is 5.10 Å². The van der Waals surface area contributed by atoms with E-state index in [4.69, 9.17) is 17.3 Å². The van der Waals surface area contributed by atoms with Gasteiger partial charge in [0.15, 0.2) is 0 Å². The fraction of sp³-hybridized carbons (Fsp3) is 0.300. The van der Waals surface area contributed by atoms with E-state index in [-0.39, 0.29) is 6.04 Å². The Balaban J connectivity index is 2.50. The molecular weight excluding hydrogens is 198 g/mol. The monoisotopic (exact) mass is 209 g/mol. The lowest BCUT2D eigenvalue weighted by atomic mass is 10.1. The number of aromatic nitrogens is 2. The lowest BCUT2D eigenvalue weighted by molar-refractivity contribution is 0.722. The summed E-state index contributed by atoms with van der Waals surface area (Å²) in [5.74, 6) is 0. The predicted molar refractivity (Wildman–Crippen MR) is 58.5 cm³/mol. The number of H-pyrrole nitrogens is 1. The number of nitrogens with zero attached hydrogens (tertiary/aromatic N) is 1. The van der Waals surface area contributed by atoms with Crippen LogP contribution in [-0.4, -0.2) is 16.2 Å². The summed E-state index contributed by atoms with van der Waals surface area (Å²) in [6.45, 7) is 1.97. The van der Waals surface area contributed by atoms with Crippen molar-refractivity contribution in [3.8, 4) is 0 Å². The van der Waals surface area contributed by atoms with E-state index in [1.54, 1.807) is 0 Å². The Labute approximate surface area is 87.2 Å². The van der Waals surface area contributed by atoms with Gasteiger partial charge in [-0.15, -0.1) is 0 Å². The maximum atomic E-state index is 5.91. The van der Waals surface area contributed by atoms with E-state index in [9.17, 15) is 0 Å². The third-order valence-electron chi connectivity index (χ3n) is 2.12. The summed E-state index contributed by atoms with van der Waals surface area (Å²) >= 11 is 5.91. The fourth-order valence-corrected chi connectivity index (χ4v) is 1.69. The quantitative estimate of drug-likeness (QED) is 0.796. The number of hydrogen-bond acceptors (Lipinski definition) is 2. The Morgan fingerprint density at radius 1 is 1.57 bits per heavy atom. The van der Waals surface area contributed by atoms with Crippen molar-refractivity contribution >= 4 is 22.5 Å². The van der Waals surface area contributed by atoms with Crippen LogP contribution in [0.25, 0.3) is 10.9 Å². The summed E-state index contributed by atoms with van der Waals surface area (Å²) in [5.41, 5.74) is 7.72. The normalized spacial score (nSPS) is 13.4. The summed E-state index contributed by atoms with van der Waals surface area (Å²) in [4.78, 5) is 0. The zero-order valence-corrected chi connectivity index (χ0v) is 8.67. The average Bonchev–Trinajstić information content (AvgIpc) is 2.47. The number of nitrogens with one attached hydrogen (secondary N) is 1. The number of fused-ring (bicyclic) bond motifs is 1. The minimum atomic E-state index is 0.123. The molecule has 14 heavy (non-hydrogen) atoms. The van der Waals surface area contributed by atoms with Gasteiger partial charge in [-0.25, -0.2) is 0 Å². The highest BCUT2D eigenvalue weighted by Gasteiger charge is 2.07. The Kier molecular flexibility index (Phi) is 2.44. The molecule has 1 aromatic heterocycles. The van der Waals surface area contributed by atoms with Crippen LogP contribution >= 0.6 is 11.6 Å². The van der Waals surface area contributed by atoms with Crippen molar-refractivity contribution in [3.05, 3.63) is 28.9 Å². The molecule has 0 aliphatic carbocycles. The lowest BCUT2D eigenvalue weighted by Crippen LogP contribution is -2.18. The van der Waals surface area contributed by atoms with Crippen LogP contribution in [0.15, 0.2) is 18.2 Å². The molecule has 74 valence electrons. The van der Waals surface area contributed by atoms with E-state index in [1.807, 2.05) is 25.1 Å². The van der Waals surface area contributed by atoms with Crippen LogP contribution in [0.4, 0.5) is 0 Å². The Hall–Kier alpha value is -1.06. The highest BCUT2D eigenvalue weighted by atomic mass is 35.5. The molecule has 0 fully saturated rings. The van der Waals surface area contributed by atoms with Crippen LogP contribution in [0.1, 0.15) is 12.6 Å². The largest absolute Gasteiger partial charge is 0.328 e. The first kappa shape index (κ1) is 9.49. The topological polar surface area (TPSA) is 54.7 Å². The van der Waals surface area contributed by atoms with Crippen molar-refractivity contribution in [3.63, 3.8) is 0 Å². The lowest BCUT2D eigenvalue weighted by Gasteiger charge is -2.02. The highest BCUT2D eigenvalue weighted by molar-refractivity contribution is 6.31. The number of aromatic amines is 1. The maximum Gasteiger partial charge on any atom is 0.0924 e. The molecule has 0 saturated heterocycles. The number of hydrogen-bond donors (Lipinski definition) is 2. The van der Waals surface area contributed by atoms with Crippen LogP contribution in [0.3, 0.4) is 0 Å². The second-order valence-corrected chi connectivity index (χ2v) is 3.98. The molecule has 0 aliphatic heterocycles. The fourth-order valence-electron chi connectivity index (χ4n) is 1.51. The summed E-state index contributed by atoms with van der Waals surface area (Å²) in [5, 5.41) is 8.95. The van der Waals surface area contributed by atoms with Crippen LogP contribution in [-0.2, 0) is 6.42 Å². The van der Waals surface area contributed by atoms with Gasteiger partial charge in [-0.3, -0.25) is 5.10 Å². The predicted octanol–water partition coefficient (Wildman–Crippen LogP) is 2.11. The first-order valence-corrected chi connectivity index (χ1v) is 4.92. The number of rotatable bonds is 2. The number of nitrogens with two attached hydrogens (primary N) is 1. The second kappa shape index (κ2) is 3.59. The second-order valence-electron chi connectivity index (χ2n) is 3.55. The summed E-state index contributed by atoms with van der Waals surface area (Å²) in [6, 6.07) is 5.77. The summed E-state index contributed by atoms with van der Waals surface area (Å²) in [6.07, 6.45) is 0.789. The average molecular weight is 210 g/mol. The van der Waals surface area contributed by atoms with Crippen molar-refractivity contribution in [1.82, 2.24) is 10.2 Å². The van der Waals surface area contributed by atoms with E-state index < -0.39 is 0 Å². The van der Waals surface area contributed by atoms with Crippen molar-refractivity contribution in [2.45, 2.75) is 19.4 Å². The Morgan fingerprint density at radius 2 is 2.36 bits per heavy atom. The molecule has 0 spiro atoms. The SMILES string of the molecule is C[C@@H](N)Cc1[nH]nc2ccc(Cl)cc12. The molecular formula is C10H12ClN3. The van der Waals surface area contributed by atoms with E-state index in [0.29, 0.717) is 0 Å². The molecule has 2 rings (SSSR count). The molecule has 1 heterocycles. The van der Waals surface area contributed by atoms with Crippen LogP contribution < -0.4 is 5.73 Å². The standard InChI is InChI=1S/C10H12ClN3/c1-6(12)4-10-8-5-7(11)2-3-9(8)13-14-10/h2-3,5-6H,4,12H2,1H3,(H,13,14)/t6-/m1/s1. The van der Waals surface area contributed by atoms with Gasteiger partial charge in [0.2, 0.25) is 0 Å². The van der Waals surface area contributed by atoms with Gasteiger partial charge in [-0.05, 0) is 25.1 Å². The van der Waals surface area contributed by atoms with E-state index in [0.717, 1.165) is 28.0 Å². The molecule has 3 N–H and O–H groups in total. The summed E-state index contributed by atoms with van der Waals surface area (Å²) < 4.78 is 0. The van der Waals surface area contributed by atoms with E-state index >= 15 is 0 Å². The first-order valence-electron chi connectivity index (χ1n) is 4.55. The molecule has 0 bridgehead atoms. The Bertz CT molecular complexity index is 448. The van der Waals surface area contributed by atoms with Crippen LogP contribution in [0, 0.1) is 0 Å². The molecule has 1 atom stereocenters. The summed E-state index contributed by atoms with van der Waals surface area (Å²) in [7, 11) is 0. The minimum Gasteiger partial charge on any atom is -0.328 e. The van der Waals surface area contributed by atoms with Crippen molar-refractivity contribution < 1.29 is 0 Å². The third-order valence-corrected chi connectivity index (χ3v) is 2.36. The molecule has 0 unspecified atom stereocenters. The molecule has 0 radical (unpaired) electrons. The van der Waals surface area contributed by atoms with Gasteiger partial charge in [0.1, 0.15) is 0 Å². The third kappa shape index (κ3) is 1.74. The molecule has 0 saturated carbocycles. The zero-order chi connectivity index (χ0) is 10.1. The molecule has 3 nitrogen and oxygen atoms in total. The smallest absolute Gasteiger partial charge is 0.0924 e.